The summed E-state index contributed by atoms with van der Waals surface area (Å²) in [6.07, 6.45) is 0.716. The maximum Gasteiger partial charge on any atom is 0.234 e. The summed E-state index contributed by atoms with van der Waals surface area (Å²) in [6.45, 7) is 6.42. The molecule has 0 aliphatic carbocycles. The number of carbonyl (C=O) groups excluding carboxylic acids is 1. The Kier molecular flexibility index (Phi) is 5.23. The fraction of sp³-hybridized carbons (Fsp3) is 0.818. The van der Waals surface area contributed by atoms with Crippen LogP contribution < -0.4 is 5.32 Å². The number of morpholine rings is 1. The number of carbonyl (C=O) groups is 1. The van der Waals surface area contributed by atoms with Crippen molar-refractivity contribution in [3.63, 3.8) is 0 Å². The summed E-state index contributed by atoms with van der Waals surface area (Å²) in [6, 6.07) is 1.99. The van der Waals surface area contributed by atoms with Crippen LogP contribution in [0.1, 0.15) is 20.3 Å². The van der Waals surface area contributed by atoms with Crippen LogP contribution in [0, 0.1) is 11.3 Å². The normalized spacial score (nSPS) is 26.1. The third-order valence-corrected chi connectivity index (χ3v) is 2.42. The minimum Gasteiger partial charge on any atom is -0.373 e. The van der Waals surface area contributed by atoms with Crippen LogP contribution >= 0.6 is 0 Å². The number of nitrogens with zero attached hydrogens (tertiary/aromatic N) is 2. The number of hydrogen-bond donors (Lipinski definition) is 1. The van der Waals surface area contributed by atoms with Crippen molar-refractivity contribution in [2.75, 3.05) is 26.2 Å². The van der Waals surface area contributed by atoms with Gasteiger partial charge in [0.25, 0.3) is 0 Å². The summed E-state index contributed by atoms with van der Waals surface area (Å²) < 4.78 is 5.58. The fourth-order valence-electron chi connectivity index (χ4n) is 1.93. The molecule has 90 valence electrons. The SMILES string of the molecule is C[C@@H]1CN(CC(=O)NCCC#N)C[C@@H](C)O1. The quantitative estimate of drug-likeness (QED) is 0.690. The lowest BCUT2D eigenvalue weighted by Crippen LogP contribution is -2.49. The van der Waals surface area contributed by atoms with E-state index in [1.807, 2.05) is 19.9 Å². The Bertz CT molecular complexity index is 265. The van der Waals surface area contributed by atoms with Gasteiger partial charge in [0.1, 0.15) is 0 Å². The molecule has 5 nitrogen and oxygen atoms in total. The molecular formula is C11H19N3O2. The van der Waals surface area contributed by atoms with E-state index in [9.17, 15) is 4.79 Å². The van der Waals surface area contributed by atoms with E-state index in [0.717, 1.165) is 13.1 Å². The summed E-state index contributed by atoms with van der Waals surface area (Å²) in [4.78, 5) is 13.6. The number of ether oxygens (including phenoxy) is 1. The highest BCUT2D eigenvalue weighted by Crippen LogP contribution is 2.09. The monoisotopic (exact) mass is 225 g/mol. The highest BCUT2D eigenvalue weighted by molar-refractivity contribution is 5.78. The van der Waals surface area contributed by atoms with E-state index in [0.29, 0.717) is 19.5 Å². The van der Waals surface area contributed by atoms with Crippen molar-refractivity contribution in [3.05, 3.63) is 0 Å². The average molecular weight is 225 g/mol. The van der Waals surface area contributed by atoms with Crippen molar-refractivity contribution in [3.8, 4) is 6.07 Å². The molecule has 1 N–H and O–H groups in total. The topological polar surface area (TPSA) is 65.4 Å². The molecule has 2 atom stereocenters. The Morgan fingerprint density at radius 3 is 2.69 bits per heavy atom. The van der Waals surface area contributed by atoms with Crippen LogP contribution in [0.3, 0.4) is 0 Å². The first-order valence-electron chi connectivity index (χ1n) is 5.63. The zero-order valence-corrected chi connectivity index (χ0v) is 9.90. The first kappa shape index (κ1) is 12.9. The van der Waals surface area contributed by atoms with Gasteiger partial charge in [-0.2, -0.15) is 5.26 Å². The van der Waals surface area contributed by atoms with Crippen LogP contribution in [0.5, 0.6) is 0 Å². The summed E-state index contributed by atoms with van der Waals surface area (Å²) in [5, 5.41) is 11.1. The second-order valence-corrected chi connectivity index (χ2v) is 4.21. The van der Waals surface area contributed by atoms with E-state index in [1.54, 1.807) is 0 Å². The van der Waals surface area contributed by atoms with E-state index in [1.165, 1.54) is 0 Å². The van der Waals surface area contributed by atoms with Gasteiger partial charge < -0.3 is 10.1 Å². The van der Waals surface area contributed by atoms with E-state index in [4.69, 9.17) is 10.00 Å². The van der Waals surface area contributed by atoms with Crippen LogP contribution in [0.15, 0.2) is 0 Å². The molecule has 0 bridgehead atoms. The molecule has 0 unspecified atom stereocenters. The molecule has 0 aromatic carbocycles. The van der Waals surface area contributed by atoms with Gasteiger partial charge in [-0.25, -0.2) is 0 Å². The van der Waals surface area contributed by atoms with Gasteiger partial charge in [-0.1, -0.05) is 0 Å². The Morgan fingerprint density at radius 2 is 2.12 bits per heavy atom. The fourth-order valence-corrected chi connectivity index (χ4v) is 1.93. The van der Waals surface area contributed by atoms with E-state index in [2.05, 4.69) is 10.2 Å². The summed E-state index contributed by atoms with van der Waals surface area (Å²) in [5.74, 6) is -0.0171. The first-order valence-corrected chi connectivity index (χ1v) is 5.63. The van der Waals surface area contributed by atoms with E-state index < -0.39 is 0 Å². The molecule has 1 heterocycles. The lowest BCUT2D eigenvalue weighted by Gasteiger charge is -2.34. The summed E-state index contributed by atoms with van der Waals surface area (Å²) in [7, 11) is 0. The standard InChI is InChI=1S/C11H19N3O2/c1-9-6-14(7-10(2)16-9)8-11(15)13-5-3-4-12/h9-10H,3,5-8H2,1-2H3,(H,13,15)/t9-,10-/m1/s1. The number of nitriles is 1. The molecule has 1 saturated heterocycles. The lowest BCUT2D eigenvalue weighted by molar-refractivity contribution is -0.125. The minimum absolute atomic E-state index is 0.0171. The van der Waals surface area contributed by atoms with Gasteiger partial charge in [0, 0.05) is 19.6 Å². The number of nitrogens with one attached hydrogen (secondary N) is 1. The number of hydrogen-bond acceptors (Lipinski definition) is 4. The molecule has 5 heteroatoms. The molecule has 0 aromatic rings. The Morgan fingerprint density at radius 1 is 1.50 bits per heavy atom. The van der Waals surface area contributed by atoms with Crippen molar-refractivity contribution in [1.29, 1.82) is 5.26 Å². The summed E-state index contributed by atoms with van der Waals surface area (Å²) >= 11 is 0. The summed E-state index contributed by atoms with van der Waals surface area (Å²) in [5.41, 5.74) is 0. The third-order valence-electron chi connectivity index (χ3n) is 2.42. The number of rotatable bonds is 4. The van der Waals surface area contributed by atoms with Gasteiger partial charge in [0.2, 0.25) is 5.91 Å². The molecular weight excluding hydrogens is 206 g/mol. The van der Waals surface area contributed by atoms with Gasteiger partial charge >= 0.3 is 0 Å². The smallest absolute Gasteiger partial charge is 0.234 e. The van der Waals surface area contributed by atoms with Crippen molar-refractivity contribution in [2.24, 2.45) is 0 Å². The Balaban J connectivity index is 2.25. The van der Waals surface area contributed by atoms with E-state index >= 15 is 0 Å². The first-order chi connectivity index (χ1) is 7.61. The van der Waals surface area contributed by atoms with Gasteiger partial charge in [0.05, 0.1) is 31.2 Å². The number of amides is 1. The lowest BCUT2D eigenvalue weighted by atomic mass is 10.2. The van der Waals surface area contributed by atoms with Crippen molar-refractivity contribution < 1.29 is 9.53 Å². The molecule has 1 fully saturated rings. The maximum absolute atomic E-state index is 11.5. The molecule has 1 rings (SSSR count). The molecule has 1 aliphatic rings. The van der Waals surface area contributed by atoms with Crippen molar-refractivity contribution in [1.82, 2.24) is 10.2 Å². The molecule has 1 amide bonds. The maximum atomic E-state index is 11.5. The minimum atomic E-state index is -0.0171. The highest BCUT2D eigenvalue weighted by atomic mass is 16.5. The van der Waals surface area contributed by atoms with Crippen LogP contribution in [-0.2, 0) is 9.53 Å². The average Bonchev–Trinajstić information content (AvgIpc) is 2.16. The molecule has 0 aromatic heterocycles. The second kappa shape index (κ2) is 6.46. The molecule has 0 spiro atoms. The van der Waals surface area contributed by atoms with Crippen LogP contribution in [0.2, 0.25) is 0 Å². The van der Waals surface area contributed by atoms with Crippen LogP contribution in [-0.4, -0.2) is 49.2 Å². The Labute approximate surface area is 96.4 Å². The predicted molar refractivity (Wildman–Crippen MR) is 59.7 cm³/mol. The van der Waals surface area contributed by atoms with Crippen LogP contribution in [0.25, 0.3) is 0 Å². The van der Waals surface area contributed by atoms with Crippen molar-refractivity contribution in [2.45, 2.75) is 32.5 Å². The van der Waals surface area contributed by atoms with Crippen molar-refractivity contribution >= 4 is 5.91 Å². The van der Waals surface area contributed by atoms with Gasteiger partial charge in [0.15, 0.2) is 0 Å². The molecule has 16 heavy (non-hydrogen) atoms. The van der Waals surface area contributed by atoms with Crippen LogP contribution in [0.4, 0.5) is 0 Å². The molecule has 1 aliphatic heterocycles. The van der Waals surface area contributed by atoms with Gasteiger partial charge in [-0.15, -0.1) is 0 Å². The van der Waals surface area contributed by atoms with Gasteiger partial charge in [-0.3, -0.25) is 9.69 Å². The van der Waals surface area contributed by atoms with Gasteiger partial charge in [-0.05, 0) is 13.8 Å². The Hall–Kier alpha value is -1.12. The zero-order chi connectivity index (χ0) is 12.0. The third kappa shape index (κ3) is 4.60. The predicted octanol–water partition coefficient (Wildman–Crippen LogP) is 0.125. The molecule has 0 saturated carbocycles. The highest BCUT2D eigenvalue weighted by Gasteiger charge is 2.23. The zero-order valence-electron chi connectivity index (χ0n) is 9.90. The van der Waals surface area contributed by atoms with E-state index in [-0.39, 0.29) is 18.1 Å². The second-order valence-electron chi connectivity index (χ2n) is 4.21. The molecule has 0 radical (unpaired) electrons. The largest absolute Gasteiger partial charge is 0.373 e.